The zero-order valence-corrected chi connectivity index (χ0v) is 29.9. The number of rotatable bonds is 6. The number of ether oxygens (including phenoxy) is 2. The van der Waals surface area contributed by atoms with Crippen molar-refractivity contribution in [1.29, 1.82) is 0 Å². The number of carbonyl (C=O) groups is 2. The van der Waals surface area contributed by atoms with E-state index in [1.54, 1.807) is 24.3 Å². The Morgan fingerprint density at radius 2 is 1.17 bits per heavy atom. The second-order valence-corrected chi connectivity index (χ2v) is 16.6. The number of hydrogen-bond acceptors (Lipinski definition) is 13. The third-order valence-corrected chi connectivity index (χ3v) is 10.1. The molecule has 2 aromatic carbocycles. The molecular formula is C29H36F2N4O10OsS2. The van der Waals surface area contributed by atoms with E-state index in [9.17, 15) is 18.4 Å². The molecule has 19 heteroatoms. The molecule has 2 N–H and O–H groups in total. The van der Waals surface area contributed by atoms with Crippen molar-refractivity contribution in [2.75, 3.05) is 95.1 Å². The Hall–Kier alpha value is -3.23. The first-order valence-electron chi connectivity index (χ1n) is 14.7. The van der Waals surface area contributed by atoms with Crippen molar-refractivity contribution in [2.24, 2.45) is 0 Å². The summed E-state index contributed by atoms with van der Waals surface area (Å²) in [6.07, 6.45) is -2.19. The van der Waals surface area contributed by atoms with E-state index in [2.05, 4.69) is 5.87 Å². The van der Waals surface area contributed by atoms with Gasteiger partial charge < -0.3 is 29.5 Å². The summed E-state index contributed by atoms with van der Waals surface area (Å²) < 4.78 is 73.2. The summed E-state index contributed by atoms with van der Waals surface area (Å²) >= 11 is -4.19. The second-order valence-electron chi connectivity index (χ2n) is 10.8. The number of cyclic esters (lactones) is 2. The van der Waals surface area contributed by atoms with Gasteiger partial charge in [-0.15, -0.1) is 0 Å². The van der Waals surface area contributed by atoms with Gasteiger partial charge in [-0.05, 0) is 36.4 Å². The predicted molar refractivity (Wildman–Crippen MR) is 171 cm³/mol. The van der Waals surface area contributed by atoms with Crippen LogP contribution in [0.4, 0.5) is 41.1 Å². The Balaban J connectivity index is 0.000000191. The molecule has 0 bridgehead atoms. The molecule has 4 fully saturated rings. The molecule has 0 saturated carbocycles. The number of carbonyl (C=O) groups excluding carboxylic acids is 2. The number of aliphatic hydroxyl groups is 2. The Morgan fingerprint density at radius 1 is 0.771 bits per heavy atom. The van der Waals surface area contributed by atoms with Crippen molar-refractivity contribution in [1.82, 2.24) is 0 Å². The molecule has 0 spiro atoms. The van der Waals surface area contributed by atoms with Crippen LogP contribution >= 0.6 is 22.2 Å². The molecule has 4 aliphatic rings. The maximum absolute atomic E-state index is 14.4. The number of aliphatic hydroxyl groups excluding tert-OH is 2. The molecule has 4 saturated heterocycles. The molecule has 14 nitrogen and oxygen atoms in total. The number of benzene rings is 2. The van der Waals surface area contributed by atoms with Gasteiger partial charge in [0, 0.05) is 49.2 Å². The number of halogens is 2. The van der Waals surface area contributed by atoms with Crippen molar-refractivity contribution in [3.63, 3.8) is 0 Å². The van der Waals surface area contributed by atoms with Crippen LogP contribution in [0.1, 0.15) is 0 Å². The summed E-state index contributed by atoms with van der Waals surface area (Å²) in [5.41, 5.74) is 2.05. The summed E-state index contributed by atoms with van der Waals surface area (Å²) in [6.45, 7) is 3.30. The molecule has 0 unspecified atom stereocenters. The van der Waals surface area contributed by atoms with Crippen LogP contribution in [-0.2, 0) is 38.5 Å². The van der Waals surface area contributed by atoms with Crippen LogP contribution in [0.5, 0.6) is 0 Å². The zero-order valence-electron chi connectivity index (χ0n) is 25.7. The molecule has 4 heterocycles. The fourth-order valence-corrected chi connectivity index (χ4v) is 7.30. The van der Waals surface area contributed by atoms with Crippen LogP contribution in [0, 0.1) is 11.6 Å². The standard InChI is InChI=1S/C15H19FN2O3S.C14H17FN2O3S.4O.Os/c1-22-6-4-17(5-7-22)14-3-2-11(8-13(14)16)18-9-12(10-19)21-15(18)20;15-12-7-10(17-8-11(9-18)20-14(17)19)1-2-13(12)16-3-5-21-6-4-16;;;;;/h2-3,8,12,19H,1,4-7,9-10H2;1-2,7,11,18H,3-6,8-9H2;;;;;/t12-;11-;;;;;/m11...../s1. The van der Waals surface area contributed by atoms with Crippen molar-refractivity contribution in [3.05, 3.63) is 48.0 Å². The van der Waals surface area contributed by atoms with E-state index < -0.39 is 39.2 Å². The number of nitrogens with zero attached hydrogens (tertiary/aromatic N) is 4. The molecular weight excluding hydrogens is 857 g/mol. The molecule has 0 radical (unpaired) electrons. The topological polar surface area (TPSA) is 174 Å². The van der Waals surface area contributed by atoms with Gasteiger partial charge in [-0.2, -0.15) is 22.2 Å². The van der Waals surface area contributed by atoms with E-state index in [-0.39, 0.29) is 48.4 Å². The van der Waals surface area contributed by atoms with Gasteiger partial charge in [-0.1, -0.05) is 5.87 Å². The molecule has 0 aliphatic carbocycles. The monoisotopic (exact) mass is 894 g/mol. The van der Waals surface area contributed by atoms with Crippen LogP contribution in [-0.4, -0.2) is 116 Å². The summed E-state index contributed by atoms with van der Waals surface area (Å²) in [5, 5.41) is 18.1. The maximum atomic E-state index is 14.4. The van der Waals surface area contributed by atoms with E-state index in [1.807, 2.05) is 21.6 Å². The van der Waals surface area contributed by atoms with Crippen molar-refractivity contribution in [3.8, 4) is 0 Å². The first kappa shape index (κ1) is 37.6. The van der Waals surface area contributed by atoms with Crippen LogP contribution in [0.2, 0.25) is 0 Å². The first-order valence-corrected chi connectivity index (χ1v) is 21.7. The van der Waals surface area contributed by atoms with Crippen LogP contribution in [0.15, 0.2) is 36.4 Å². The number of thioether (sulfide) groups is 1. The molecule has 266 valence electrons. The Kier molecular flexibility index (Phi) is 13.3. The summed E-state index contributed by atoms with van der Waals surface area (Å²) in [7, 11) is 0.185. The van der Waals surface area contributed by atoms with Gasteiger partial charge in [0.05, 0.1) is 49.1 Å². The van der Waals surface area contributed by atoms with Gasteiger partial charge in [0.2, 0.25) is 0 Å². The minimum absolute atomic E-state index is 0.185. The van der Waals surface area contributed by atoms with E-state index in [4.69, 9.17) is 33.8 Å². The molecule has 2 atom stereocenters. The van der Waals surface area contributed by atoms with Gasteiger partial charge >= 0.3 is 41.2 Å². The quantitative estimate of drug-likeness (QED) is 0.406. The van der Waals surface area contributed by atoms with Crippen molar-refractivity contribution < 1.29 is 67.1 Å². The number of hydrogen-bond donors (Lipinski definition) is 2. The normalized spacial score (nSPS) is 21.6. The summed E-state index contributed by atoms with van der Waals surface area (Å²) in [4.78, 5) is 30.2. The molecule has 4 aliphatic heterocycles. The van der Waals surface area contributed by atoms with Crippen molar-refractivity contribution in [2.45, 2.75) is 12.2 Å². The van der Waals surface area contributed by atoms with E-state index >= 15 is 0 Å². The average Bonchev–Trinajstić information content (AvgIpc) is 3.63. The van der Waals surface area contributed by atoms with Crippen LogP contribution in [0.3, 0.4) is 0 Å². The number of anilines is 4. The molecule has 6 rings (SSSR count). The minimum atomic E-state index is -6.06. The molecule has 2 amide bonds. The summed E-state index contributed by atoms with van der Waals surface area (Å²) in [5.74, 6) is 7.35. The average molecular weight is 893 g/mol. The van der Waals surface area contributed by atoms with E-state index in [0.717, 1.165) is 49.2 Å². The third kappa shape index (κ3) is 10.4. The molecule has 48 heavy (non-hydrogen) atoms. The molecule has 2 aromatic rings. The third-order valence-electron chi connectivity index (χ3n) is 7.63. The van der Waals surface area contributed by atoms with Gasteiger partial charge in [0.15, 0.2) is 0 Å². The Labute approximate surface area is 284 Å². The summed E-state index contributed by atoms with van der Waals surface area (Å²) in [6, 6.07) is 9.57. The van der Waals surface area contributed by atoms with Crippen LogP contribution < -0.4 is 19.6 Å². The Bertz CT molecular complexity index is 1700. The SMILES string of the molecule is C=S1CCN(c2ccc(N3C[C@H](CO)OC3=O)cc2F)CC1.O=C1O[C@@H](CO)CN1c1ccc(N2CCSCC2)c(F)c1.[O]=[Os](=[O])(=[O])=[O]. The van der Waals surface area contributed by atoms with E-state index in [0.29, 0.717) is 22.7 Å². The second kappa shape index (κ2) is 16.9. The first-order chi connectivity index (χ1) is 22.8. The van der Waals surface area contributed by atoms with E-state index in [1.165, 1.54) is 21.9 Å². The van der Waals surface area contributed by atoms with Gasteiger partial charge in [-0.3, -0.25) is 9.80 Å². The van der Waals surface area contributed by atoms with Gasteiger partial charge in [0.1, 0.15) is 23.8 Å². The van der Waals surface area contributed by atoms with Gasteiger partial charge in [0.25, 0.3) is 0 Å². The van der Waals surface area contributed by atoms with Crippen molar-refractivity contribution >= 4 is 63.1 Å². The fourth-order valence-electron chi connectivity index (χ4n) is 5.23. The molecule has 0 aromatic heterocycles. The van der Waals surface area contributed by atoms with Gasteiger partial charge in [-0.25, -0.2) is 18.4 Å². The predicted octanol–water partition coefficient (Wildman–Crippen LogP) is 2.88. The zero-order chi connectivity index (χ0) is 35.0. The Morgan fingerprint density at radius 3 is 1.52 bits per heavy atom. The fraction of sp³-hybridized carbons (Fsp3) is 0.483. The number of amides is 2. The van der Waals surface area contributed by atoms with Crippen LogP contribution in [0.25, 0.3) is 0 Å².